The minimum absolute atomic E-state index is 0.623. The summed E-state index contributed by atoms with van der Waals surface area (Å²) in [4.78, 5) is 4.46. The maximum atomic E-state index is 6.04. The van der Waals surface area contributed by atoms with Crippen molar-refractivity contribution in [2.24, 2.45) is 0 Å². The van der Waals surface area contributed by atoms with Crippen LogP contribution in [-0.2, 0) is 11.5 Å². The van der Waals surface area contributed by atoms with Crippen LogP contribution in [0, 0.1) is 0 Å². The molecule has 0 fully saturated rings. The molecule has 3 rings (SSSR count). The van der Waals surface area contributed by atoms with Crippen molar-refractivity contribution < 1.29 is 0 Å². The van der Waals surface area contributed by atoms with Crippen molar-refractivity contribution in [2.75, 3.05) is 5.73 Å². The summed E-state index contributed by atoms with van der Waals surface area (Å²) in [7, 11) is 0. The summed E-state index contributed by atoms with van der Waals surface area (Å²) in [5.41, 5.74) is 9.34. The van der Waals surface area contributed by atoms with Crippen molar-refractivity contribution in [3.63, 3.8) is 0 Å². The molecular weight excluding hydrogens is 300 g/mol. The minimum Gasteiger partial charge on any atom is -0.383 e. The van der Waals surface area contributed by atoms with Gasteiger partial charge in [-0.3, -0.25) is 0 Å². The number of anilines is 1. The van der Waals surface area contributed by atoms with Gasteiger partial charge in [0, 0.05) is 27.5 Å². The molecule has 1 heterocycles. The number of rotatable bonds is 4. The second-order valence-corrected chi connectivity index (χ2v) is 6.27. The maximum absolute atomic E-state index is 6.04. The molecule has 2 nitrogen and oxygen atoms in total. The number of nitrogens with zero attached hydrogens (tertiary/aromatic N) is 1. The fraction of sp³-hybridized carbons (Fsp3) is 0.118. The van der Waals surface area contributed by atoms with E-state index in [0.717, 1.165) is 33.0 Å². The number of pyridine rings is 1. The Morgan fingerprint density at radius 1 is 1.00 bits per heavy atom. The van der Waals surface area contributed by atoms with E-state index in [2.05, 4.69) is 29.2 Å². The molecule has 2 N–H and O–H groups in total. The second-order valence-electron chi connectivity index (χ2n) is 4.84. The van der Waals surface area contributed by atoms with E-state index in [1.165, 1.54) is 5.56 Å². The summed E-state index contributed by atoms with van der Waals surface area (Å²) in [6, 6.07) is 18.1. The average molecular weight is 315 g/mol. The first kappa shape index (κ1) is 14.2. The first-order valence-corrected chi connectivity index (χ1v) is 8.22. The van der Waals surface area contributed by atoms with Gasteiger partial charge in [-0.2, -0.15) is 11.8 Å². The Kier molecular flexibility index (Phi) is 4.32. The number of nitrogens with two attached hydrogens (primary N) is 1. The van der Waals surface area contributed by atoms with E-state index in [1.54, 1.807) is 0 Å². The van der Waals surface area contributed by atoms with Gasteiger partial charge in [-0.25, -0.2) is 4.98 Å². The van der Waals surface area contributed by atoms with Crippen molar-refractivity contribution in [3.05, 3.63) is 70.7 Å². The number of hydrogen-bond acceptors (Lipinski definition) is 3. The van der Waals surface area contributed by atoms with Gasteiger partial charge in [0.1, 0.15) is 5.82 Å². The number of hydrogen-bond donors (Lipinski definition) is 1. The lowest BCUT2D eigenvalue weighted by Gasteiger charge is -2.07. The van der Waals surface area contributed by atoms with Crippen molar-refractivity contribution in [3.8, 4) is 0 Å². The summed E-state index contributed by atoms with van der Waals surface area (Å²) < 4.78 is 0. The molecule has 3 aromatic rings. The van der Waals surface area contributed by atoms with Crippen LogP contribution >= 0.6 is 23.4 Å². The topological polar surface area (TPSA) is 38.9 Å². The van der Waals surface area contributed by atoms with E-state index in [4.69, 9.17) is 17.3 Å². The van der Waals surface area contributed by atoms with E-state index in [9.17, 15) is 0 Å². The highest BCUT2D eigenvalue weighted by atomic mass is 35.5. The zero-order valence-electron chi connectivity index (χ0n) is 11.4. The highest BCUT2D eigenvalue weighted by Gasteiger charge is 2.04. The molecule has 0 unspecified atom stereocenters. The Bertz CT molecular complexity index is 756. The van der Waals surface area contributed by atoms with Gasteiger partial charge in [-0.1, -0.05) is 41.9 Å². The Morgan fingerprint density at radius 3 is 2.57 bits per heavy atom. The van der Waals surface area contributed by atoms with E-state index in [1.807, 2.05) is 42.1 Å². The summed E-state index contributed by atoms with van der Waals surface area (Å²) >= 11 is 7.71. The fourth-order valence-corrected chi connectivity index (χ4v) is 3.26. The molecule has 0 saturated heterocycles. The molecule has 0 spiro atoms. The first-order valence-electron chi connectivity index (χ1n) is 6.69. The summed E-state index contributed by atoms with van der Waals surface area (Å²) in [5, 5.41) is 1.90. The maximum Gasteiger partial charge on any atom is 0.128 e. The first-order chi connectivity index (χ1) is 10.2. The molecule has 0 radical (unpaired) electrons. The minimum atomic E-state index is 0.623. The largest absolute Gasteiger partial charge is 0.383 e. The summed E-state index contributed by atoms with van der Waals surface area (Å²) in [5.74, 6) is 2.41. The van der Waals surface area contributed by atoms with Crippen LogP contribution in [0.3, 0.4) is 0 Å². The van der Waals surface area contributed by atoms with E-state index in [-0.39, 0.29) is 0 Å². The predicted octanol–water partition coefficient (Wildman–Crippen LogP) is 4.90. The van der Waals surface area contributed by atoms with Crippen LogP contribution < -0.4 is 5.73 Å². The summed E-state index contributed by atoms with van der Waals surface area (Å²) in [6.07, 6.45) is 0. The van der Waals surface area contributed by atoms with Crippen LogP contribution in [0.15, 0.2) is 54.6 Å². The van der Waals surface area contributed by atoms with Gasteiger partial charge in [-0.05, 0) is 29.8 Å². The Morgan fingerprint density at radius 2 is 1.76 bits per heavy atom. The number of para-hydroxylation sites is 1. The van der Waals surface area contributed by atoms with Gasteiger partial charge >= 0.3 is 0 Å². The van der Waals surface area contributed by atoms with Crippen LogP contribution in [0.2, 0.25) is 5.02 Å². The number of nitrogen functional groups attached to an aromatic ring is 1. The molecule has 106 valence electrons. The van der Waals surface area contributed by atoms with Gasteiger partial charge in [0.25, 0.3) is 0 Å². The van der Waals surface area contributed by atoms with E-state index < -0.39 is 0 Å². The number of halogens is 1. The molecule has 0 aliphatic carbocycles. The van der Waals surface area contributed by atoms with Crippen molar-refractivity contribution >= 4 is 40.1 Å². The van der Waals surface area contributed by atoms with Crippen molar-refractivity contribution in [1.29, 1.82) is 0 Å². The fourth-order valence-electron chi connectivity index (χ4n) is 2.15. The molecule has 0 bridgehead atoms. The van der Waals surface area contributed by atoms with Crippen LogP contribution in [-0.4, -0.2) is 4.98 Å². The van der Waals surface area contributed by atoms with Crippen LogP contribution in [0.4, 0.5) is 5.82 Å². The number of thioether (sulfide) groups is 1. The molecule has 21 heavy (non-hydrogen) atoms. The standard InChI is InChI=1S/C17H15ClN2S/c18-15-7-5-12(6-8-15)10-21-11-14-9-13-3-1-2-4-16(13)20-17(14)19/h1-9H,10-11H2,(H2,19,20). The van der Waals surface area contributed by atoms with Crippen LogP contribution in [0.25, 0.3) is 10.9 Å². The number of fused-ring (bicyclic) bond motifs is 1. The van der Waals surface area contributed by atoms with Gasteiger partial charge < -0.3 is 5.73 Å². The van der Waals surface area contributed by atoms with Gasteiger partial charge in [0.05, 0.1) is 5.52 Å². The monoisotopic (exact) mass is 314 g/mol. The zero-order chi connectivity index (χ0) is 14.7. The number of aromatic nitrogens is 1. The SMILES string of the molecule is Nc1nc2ccccc2cc1CSCc1ccc(Cl)cc1. The molecule has 0 aliphatic heterocycles. The molecule has 0 aliphatic rings. The predicted molar refractivity (Wildman–Crippen MR) is 92.6 cm³/mol. The van der Waals surface area contributed by atoms with Gasteiger partial charge in [0.15, 0.2) is 0 Å². The third-order valence-electron chi connectivity index (χ3n) is 3.28. The molecule has 0 saturated carbocycles. The third kappa shape index (κ3) is 3.49. The lowest BCUT2D eigenvalue weighted by molar-refractivity contribution is 1.31. The van der Waals surface area contributed by atoms with Gasteiger partial charge in [0.2, 0.25) is 0 Å². The van der Waals surface area contributed by atoms with Crippen molar-refractivity contribution in [2.45, 2.75) is 11.5 Å². The Labute approximate surface area is 133 Å². The lowest BCUT2D eigenvalue weighted by atomic mass is 10.1. The van der Waals surface area contributed by atoms with E-state index in [0.29, 0.717) is 5.82 Å². The molecule has 0 atom stereocenters. The second kappa shape index (κ2) is 6.37. The third-order valence-corrected chi connectivity index (χ3v) is 4.58. The molecule has 4 heteroatoms. The van der Waals surface area contributed by atoms with Crippen LogP contribution in [0.5, 0.6) is 0 Å². The normalized spacial score (nSPS) is 10.9. The van der Waals surface area contributed by atoms with Gasteiger partial charge in [-0.15, -0.1) is 0 Å². The lowest BCUT2D eigenvalue weighted by Crippen LogP contribution is -1.97. The molecular formula is C17H15ClN2S. The molecule has 0 amide bonds. The smallest absolute Gasteiger partial charge is 0.128 e. The Hall–Kier alpha value is -1.71. The van der Waals surface area contributed by atoms with Crippen molar-refractivity contribution in [1.82, 2.24) is 4.98 Å². The summed E-state index contributed by atoms with van der Waals surface area (Å²) in [6.45, 7) is 0. The average Bonchev–Trinajstić information content (AvgIpc) is 2.50. The van der Waals surface area contributed by atoms with Crippen LogP contribution in [0.1, 0.15) is 11.1 Å². The highest BCUT2D eigenvalue weighted by Crippen LogP contribution is 2.24. The zero-order valence-corrected chi connectivity index (χ0v) is 13.0. The molecule has 1 aromatic heterocycles. The molecule has 2 aromatic carbocycles. The highest BCUT2D eigenvalue weighted by molar-refractivity contribution is 7.97. The number of benzene rings is 2. The Balaban J connectivity index is 1.70. The van der Waals surface area contributed by atoms with E-state index >= 15 is 0 Å². The quantitative estimate of drug-likeness (QED) is 0.744.